The number of benzene rings is 1. The van der Waals surface area contributed by atoms with Crippen LogP contribution < -0.4 is 10.1 Å². The van der Waals surface area contributed by atoms with Crippen LogP contribution in [0.4, 0.5) is 4.79 Å². The maximum Gasteiger partial charge on any atom is 0.317 e. The minimum atomic E-state index is -0.0123. The lowest BCUT2D eigenvalue weighted by molar-refractivity contribution is -0.0375. The molecule has 1 fully saturated rings. The van der Waals surface area contributed by atoms with Crippen LogP contribution in [0.1, 0.15) is 25.0 Å². The van der Waals surface area contributed by atoms with E-state index < -0.39 is 0 Å². The Bertz CT molecular complexity index is 519. The minimum Gasteiger partial charge on any atom is -0.496 e. The molecule has 2 amide bonds. The van der Waals surface area contributed by atoms with Crippen molar-refractivity contribution in [2.24, 2.45) is 0 Å². The number of ether oxygens (including phenoxy) is 2. The number of urea groups is 1. The number of nitrogens with one attached hydrogen (secondary N) is 1. The molecular formula is C17H26N2O3. The Morgan fingerprint density at radius 2 is 2.23 bits per heavy atom. The molecular weight excluding hydrogens is 280 g/mol. The number of carbonyl (C=O) groups is 1. The number of amides is 2. The lowest BCUT2D eigenvalue weighted by Gasteiger charge is -2.37. The van der Waals surface area contributed by atoms with E-state index in [1.54, 1.807) is 7.11 Å². The number of morpholine rings is 1. The van der Waals surface area contributed by atoms with Gasteiger partial charge in [-0.05, 0) is 44.4 Å². The van der Waals surface area contributed by atoms with Crippen LogP contribution in [0.3, 0.4) is 0 Å². The molecule has 1 aliphatic rings. The maximum absolute atomic E-state index is 12.3. The molecule has 1 saturated heterocycles. The first-order chi connectivity index (χ1) is 10.5. The fraction of sp³-hybridized carbons (Fsp3) is 0.588. The quantitative estimate of drug-likeness (QED) is 0.929. The zero-order valence-electron chi connectivity index (χ0n) is 13.9. The number of aryl methyl sites for hydroxylation is 1. The van der Waals surface area contributed by atoms with E-state index in [0.29, 0.717) is 19.7 Å². The average Bonchev–Trinajstić information content (AvgIpc) is 2.51. The van der Waals surface area contributed by atoms with E-state index in [2.05, 4.69) is 11.4 Å². The van der Waals surface area contributed by atoms with Crippen molar-refractivity contribution in [3.8, 4) is 5.75 Å². The molecule has 2 atom stereocenters. The first-order valence-electron chi connectivity index (χ1n) is 7.82. The molecule has 0 aromatic heterocycles. The van der Waals surface area contributed by atoms with Gasteiger partial charge in [0.15, 0.2) is 0 Å². The number of methoxy groups -OCH3 is 1. The molecule has 0 saturated carbocycles. The van der Waals surface area contributed by atoms with Crippen molar-refractivity contribution in [2.45, 2.75) is 39.3 Å². The van der Waals surface area contributed by atoms with Gasteiger partial charge in [0.25, 0.3) is 0 Å². The highest BCUT2D eigenvalue weighted by molar-refractivity contribution is 5.74. The molecule has 5 nitrogen and oxygen atoms in total. The largest absolute Gasteiger partial charge is 0.496 e. The van der Waals surface area contributed by atoms with Crippen LogP contribution in [0.2, 0.25) is 0 Å². The fourth-order valence-electron chi connectivity index (χ4n) is 2.65. The topological polar surface area (TPSA) is 50.8 Å². The van der Waals surface area contributed by atoms with Gasteiger partial charge in [0, 0.05) is 13.1 Å². The second-order valence-electron chi connectivity index (χ2n) is 5.80. The SMILES string of the molecule is COc1cc(CCNC(=O)N2CCOC(C)C2C)ccc1C. The smallest absolute Gasteiger partial charge is 0.317 e. The molecule has 0 spiro atoms. The van der Waals surface area contributed by atoms with Crippen molar-refractivity contribution in [2.75, 3.05) is 26.8 Å². The average molecular weight is 306 g/mol. The Balaban J connectivity index is 1.84. The monoisotopic (exact) mass is 306 g/mol. The summed E-state index contributed by atoms with van der Waals surface area (Å²) in [6.07, 6.45) is 0.872. The molecule has 5 heteroatoms. The van der Waals surface area contributed by atoms with Gasteiger partial charge in [-0.25, -0.2) is 4.79 Å². The van der Waals surface area contributed by atoms with Gasteiger partial charge in [0.1, 0.15) is 5.75 Å². The van der Waals surface area contributed by atoms with E-state index in [4.69, 9.17) is 9.47 Å². The third-order valence-corrected chi connectivity index (χ3v) is 4.31. The first-order valence-corrected chi connectivity index (χ1v) is 7.82. The van der Waals surface area contributed by atoms with Crippen LogP contribution in [0.15, 0.2) is 18.2 Å². The van der Waals surface area contributed by atoms with E-state index in [1.807, 2.05) is 37.8 Å². The molecule has 0 radical (unpaired) electrons. The maximum atomic E-state index is 12.3. The van der Waals surface area contributed by atoms with Crippen LogP contribution in [0.5, 0.6) is 5.75 Å². The summed E-state index contributed by atoms with van der Waals surface area (Å²) in [7, 11) is 1.68. The van der Waals surface area contributed by atoms with Gasteiger partial charge in [-0.1, -0.05) is 12.1 Å². The predicted octanol–water partition coefficient (Wildman–Crippen LogP) is 2.36. The predicted molar refractivity (Wildman–Crippen MR) is 86.4 cm³/mol. The highest BCUT2D eigenvalue weighted by Gasteiger charge is 2.28. The zero-order valence-corrected chi connectivity index (χ0v) is 13.9. The molecule has 2 rings (SSSR count). The Morgan fingerprint density at radius 1 is 1.45 bits per heavy atom. The van der Waals surface area contributed by atoms with Gasteiger partial charge in [0.05, 0.1) is 25.9 Å². The van der Waals surface area contributed by atoms with Crippen molar-refractivity contribution in [1.29, 1.82) is 0 Å². The molecule has 1 N–H and O–H groups in total. The van der Waals surface area contributed by atoms with Gasteiger partial charge in [-0.15, -0.1) is 0 Å². The number of hydrogen-bond donors (Lipinski definition) is 1. The minimum absolute atomic E-state index is 0.0123. The highest BCUT2D eigenvalue weighted by Crippen LogP contribution is 2.19. The van der Waals surface area contributed by atoms with Gasteiger partial charge in [-0.2, -0.15) is 0 Å². The normalized spacial score (nSPS) is 21.5. The van der Waals surface area contributed by atoms with E-state index in [-0.39, 0.29) is 18.2 Å². The lowest BCUT2D eigenvalue weighted by Crippen LogP contribution is -2.54. The third-order valence-electron chi connectivity index (χ3n) is 4.31. The number of nitrogens with zero attached hydrogens (tertiary/aromatic N) is 1. The van der Waals surface area contributed by atoms with Crippen LogP contribution in [0.25, 0.3) is 0 Å². The Morgan fingerprint density at radius 3 is 2.95 bits per heavy atom. The van der Waals surface area contributed by atoms with Crippen molar-refractivity contribution < 1.29 is 14.3 Å². The second-order valence-corrected chi connectivity index (χ2v) is 5.80. The lowest BCUT2D eigenvalue weighted by atomic mass is 10.1. The zero-order chi connectivity index (χ0) is 16.1. The second kappa shape index (κ2) is 7.49. The summed E-state index contributed by atoms with van der Waals surface area (Å²) in [6.45, 7) is 7.91. The summed E-state index contributed by atoms with van der Waals surface area (Å²) in [6, 6.07) is 6.24. The molecule has 1 aromatic rings. The van der Waals surface area contributed by atoms with Gasteiger partial charge in [0.2, 0.25) is 0 Å². The Labute approximate surface area is 132 Å². The van der Waals surface area contributed by atoms with Gasteiger partial charge >= 0.3 is 6.03 Å². The van der Waals surface area contributed by atoms with E-state index in [0.717, 1.165) is 23.3 Å². The summed E-state index contributed by atoms with van der Waals surface area (Å²) in [5.74, 6) is 0.888. The molecule has 122 valence electrons. The highest BCUT2D eigenvalue weighted by atomic mass is 16.5. The van der Waals surface area contributed by atoms with Crippen molar-refractivity contribution >= 4 is 6.03 Å². The van der Waals surface area contributed by atoms with Gasteiger partial charge < -0.3 is 19.7 Å². The first kappa shape index (κ1) is 16.6. The van der Waals surface area contributed by atoms with Crippen molar-refractivity contribution in [3.63, 3.8) is 0 Å². The third kappa shape index (κ3) is 3.91. The molecule has 0 aliphatic carbocycles. The molecule has 0 bridgehead atoms. The van der Waals surface area contributed by atoms with Crippen LogP contribution in [0, 0.1) is 6.92 Å². The molecule has 1 aliphatic heterocycles. The number of hydrogen-bond acceptors (Lipinski definition) is 3. The summed E-state index contributed by atoms with van der Waals surface area (Å²) in [5.41, 5.74) is 2.28. The van der Waals surface area contributed by atoms with Crippen LogP contribution >= 0.6 is 0 Å². The Kier molecular flexibility index (Phi) is 5.66. The summed E-state index contributed by atoms with van der Waals surface area (Å²) >= 11 is 0. The Hall–Kier alpha value is -1.75. The van der Waals surface area contributed by atoms with Crippen molar-refractivity contribution in [1.82, 2.24) is 10.2 Å². The van der Waals surface area contributed by atoms with Gasteiger partial charge in [-0.3, -0.25) is 0 Å². The summed E-state index contributed by atoms with van der Waals surface area (Å²) < 4.78 is 10.9. The van der Waals surface area contributed by atoms with E-state index in [1.165, 1.54) is 0 Å². The van der Waals surface area contributed by atoms with Crippen LogP contribution in [-0.4, -0.2) is 49.9 Å². The van der Waals surface area contributed by atoms with E-state index >= 15 is 0 Å². The molecule has 1 heterocycles. The number of rotatable bonds is 4. The number of carbonyl (C=O) groups excluding carboxylic acids is 1. The molecule has 1 aromatic carbocycles. The molecule has 22 heavy (non-hydrogen) atoms. The fourth-order valence-corrected chi connectivity index (χ4v) is 2.65. The van der Waals surface area contributed by atoms with Crippen LogP contribution in [-0.2, 0) is 11.2 Å². The molecule has 2 unspecified atom stereocenters. The summed E-state index contributed by atoms with van der Waals surface area (Å²) in [5, 5.41) is 2.99. The summed E-state index contributed by atoms with van der Waals surface area (Å²) in [4.78, 5) is 14.1. The van der Waals surface area contributed by atoms with Crippen molar-refractivity contribution in [3.05, 3.63) is 29.3 Å². The standard InChI is InChI=1S/C17H26N2O3/c1-12-5-6-15(11-16(12)21-4)7-8-18-17(20)19-9-10-22-14(3)13(19)2/h5-6,11,13-14H,7-10H2,1-4H3,(H,18,20). The van der Waals surface area contributed by atoms with E-state index in [9.17, 15) is 4.79 Å².